The van der Waals surface area contributed by atoms with Crippen LogP contribution in [0.1, 0.15) is 14.5 Å². The van der Waals surface area contributed by atoms with Crippen molar-refractivity contribution in [3.05, 3.63) is 52.6 Å². The lowest BCUT2D eigenvalue weighted by molar-refractivity contribution is -0.113. The van der Waals surface area contributed by atoms with Gasteiger partial charge in [-0.1, -0.05) is 0 Å². The number of carbonyl (C=O) groups is 2. The number of hydrogen-bond acceptors (Lipinski definition) is 7. The third-order valence-corrected chi connectivity index (χ3v) is 6.83. The van der Waals surface area contributed by atoms with Crippen LogP contribution in [0.3, 0.4) is 0 Å². The van der Waals surface area contributed by atoms with Crippen molar-refractivity contribution in [3.8, 4) is 10.6 Å². The Hall–Kier alpha value is -2.29. The van der Waals surface area contributed by atoms with E-state index in [2.05, 4.69) is 15.3 Å². The molecule has 0 radical (unpaired) electrons. The van der Waals surface area contributed by atoms with E-state index < -0.39 is 0 Å². The lowest BCUT2D eigenvalue weighted by atomic mass is 10.3. The van der Waals surface area contributed by atoms with Crippen molar-refractivity contribution in [1.82, 2.24) is 9.97 Å². The molecule has 4 rings (SSSR count). The maximum atomic E-state index is 12.4. The van der Waals surface area contributed by atoms with Crippen LogP contribution in [0, 0.1) is 0 Å². The first kappa shape index (κ1) is 16.2. The number of amides is 1. The molecule has 0 aliphatic carbocycles. The summed E-state index contributed by atoms with van der Waals surface area (Å²) in [6, 6.07) is 5.56. The van der Waals surface area contributed by atoms with Crippen LogP contribution in [0.5, 0.6) is 0 Å². The van der Waals surface area contributed by atoms with Gasteiger partial charge in [-0.15, -0.1) is 34.4 Å². The summed E-state index contributed by atoms with van der Waals surface area (Å²) in [5.74, 6) is 0.289. The molecule has 1 amide bonds. The zero-order chi connectivity index (χ0) is 17.2. The second kappa shape index (κ2) is 6.91. The summed E-state index contributed by atoms with van der Waals surface area (Å²) in [5.41, 5.74) is 1.69. The summed E-state index contributed by atoms with van der Waals surface area (Å²) < 4.78 is 0.980. The fraction of sp³-hybridized carbons (Fsp3) is 0.0588. The Morgan fingerprint density at radius 3 is 3.04 bits per heavy atom. The number of nitrogens with zero attached hydrogens (tertiary/aromatic N) is 2. The van der Waals surface area contributed by atoms with Gasteiger partial charge in [0.05, 0.1) is 20.5 Å². The maximum absolute atomic E-state index is 12.4. The second-order valence-corrected chi connectivity index (χ2v) is 8.51. The van der Waals surface area contributed by atoms with Gasteiger partial charge in [0.15, 0.2) is 5.78 Å². The number of anilines is 1. The second-order valence-electron chi connectivity index (χ2n) is 5.16. The van der Waals surface area contributed by atoms with E-state index in [1.54, 1.807) is 36.8 Å². The van der Waals surface area contributed by atoms with Crippen LogP contribution in [-0.4, -0.2) is 27.4 Å². The molecule has 3 aromatic rings. The first-order valence-corrected chi connectivity index (χ1v) is 9.96. The Morgan fingerprint density at radius 2 is 2.20 bits per heavy atom. The molecule has 4 heterocycles. The van der Waals surface area contributed by atoms with Gasteiger partial charge in [0, 0.05) is 29.0 Å². The molecule has 5 nitrogen and oxygen atoms in total. The number of carbonyl (C=O) groups excluding carboxylic acids is 2. The Bertz CT molecular complexity index is 976. The highest BCUT2D eigenvalue weighted by Crippen LogP contribution is 2.39. The van der Waals surface area contributed by atoms with E-state index in [0.29, 0.717) is 10.6 Å². The number of nitrogens with one attached hydrogen (secondary N) is 1. The van der Waals surface area contributed by atoms with Crippen molar-refractivity contribution >= 4 is 57.9 Å². The Labute approximate surface area is 155 Å². The number of hydrogen-bond donors (Lipinski definition) is 1. The van der Waals surface area contributed by atoms with Crippen molar-refractivity contribution in [1.29, 1.82) is 0 Å². The quantitative estimate of drug-likeness (QED) is 0.538. The normalized spacial score (nSPS) is 13.7. The zero-order valence-corrected chi connectivity index (χ0v) is 15.2. The zero-order valence-electron chi connectivity index (χ0n) is 12.8. The van der Waals surface area contributed by atoms with Gasteiger partial charge in [-0.25, -0.2) is 4.98 Å². The summed E-state index contributed by atoms with van der Waals surface area (Å²) in [4.78, 5) is 33.7. The first-order chi connectivity index (χ1) is 12.2. The molecule has 1 aliphatic heterocycles. The van der Waals surface area contributed by atoms with Crippen molar-refractivity contribution in [2.45, 2.75) is 4.21 Å². The van der Waals surface area contributed by atoms with Crippen LogP contribution < -0.4 is 5.32 Å². The highest BCUT2D eigenvalue weighted by Gasteiger charge is 2.20. The molecule has 124 valence electrons. The number of allylic oxidation sites excluding steroid dienone is 1. The topological polar surface area (TPSA) is 72.0 Å². The standard InChI is InChI=1S/C17H11N3O2S3/c21-13(14-6-12-17(25-14)23-9-15(22)20-12)4-3-11-8-19-16(24-11)10-2-1-5-18-7-10/h1-8H,9H2,(H,20,22). The van der Waals surface area contributed by atoms with Gasteiger partial charge in [-0.2, -0.15) is 0 Å². The van der Waals surface area contributed by atoms with Crippen LogP contribution in [0.15, 0.2) is 47.1 Å². The largest absolute Gasteiger partial charge is 0.324 e. The number of fused-ring (bicyclic) bond motifs is 1. The van der Waals surface area contributed by atoms with Crippen LogP contribution >= 0.6 is 34.4 Å². The van der Waals surface area contributed by atoms with Gasteiger partial charge in [-0.3, -0.25) is 14.6 Å². The van der Waals surface area contributed by atoms with Crippen LogP contribution in [0.4, 0.5) is 5.69 Å². The molecule has 0 saturated carbocycles. The summed E-state index contributed by atoms with van der Waals surface area (Å²) in [5, 5.41) is 3.66. The predicted octanol–water partition coefficient (Wildman–Crippen LogP) is 4.21. The molecule has 0 fully saturated rings. The Balaban J connectivity index is 1.50. The van der Waals surface area contributed by atoms with Gasteiger partial charge in [0.1, 0.15) is 5.01 Å². The van der Waals surface area contributed by atoms with Gasteiger partial charge < -0.3 is 5.32 Å². The number of ketones is 1. The lowest BCUT2D eigenvalue weighted by Crippen LogP contribution is -2.17. The average molecular weight is 385 g/mol. The SMILES string of the molecule is O=C1CSc2sc(C(=O)C=Cc3cnc(-c4cccnc4)s3)cc2N1. The molecule has 1 aliphatic rings. The van der Waals surface area contributed by atoms with Crippen LogP contribution in [-0.2, 0) is 4.79 Å². The fourth-order valence-electron chi connectivity index (χ4n) is 2.23. The summed E-state index contributed by atoms with van der Waals surface area (Å²) in [6.45, 7) is 0. The number of thioether (sulfide) groups is 1. The van der Waals surface area contributed by atoms with E-state index in [1.807, 2.05) is 12.1 Å². The molecular weight excluding hydrogens is 374 g/mol. The van der Waals surface area contributed by atoms with Crippen molar-refractivity contribution in [2.75, 3.05) is 11.1 Å². The van der Waals surface area contributed by atoms with Crippen molar-refractivity contribution in [2.24, 2.45) is 0 Å². The average Bonchev–Trinajstić information content (AvgIpc) is 3.27. The lowest BCUT2D eigenvalue weighted by Gasteiger charge is -2.10. The molecule has 0 unspecified atom stereocenters. The molecule has 0 spiro atoms. The van der Waals surface area contributed by atoms with Crippen LogP contribution in [0.2, 0.25) is 0 Å². The van der Waals surface area contributed by atoms with Crippen molar-refractivity contribution < 1.29 is 9.59 Å². The first-order valence-electron chi connectivity index (χ1n) is 7.34. The fourth-order valence-corrected chi connectivity index (χ4v) is 5.09. The molecule has 1 N–H and O–H groups in total. The van der Waals surface area contributed by atoms with Gasteiger partial charge in [-0.05, 0) is 30.4 Å². The van der Waals surface area contributed by atoms with E-state index in [9.17, 15) is 9.59 Å². The van der Waals surface area contributed by atoms with E-state index in [1.165, 1.54) is 34.4 Å². The summed E-state index contributed by atoms with van der Waals surface area (Å²) in [6.07, 6.45) is 8.54. The molecule has 0 aromatic carbocycles. The summed E-state index contributed by atoms with van der Waals surface area (Å²) in [7, 11) is 0. The van der Waals surface area contributed by atoms with Gasteiger partial charge in [0.2, 0.25) is 5.91 Å². The minimum Gasteiger partial charge on any atom is -0.324 e. The molecule has 0 atom stereocenters. The molecule has 0 bridgehead atoms. The summed E-state index contributed by atoms with van der Waals surface area (Å²) >= 11 is 4.38. The predicted molar refractivity (Wildman–Crippen MR) is 102 cm³/mol. The molecule has 3 aromatic heterocycles. The number of aromatic nitrogens is 2. The van der Waals surface area contributed by atoms with E-state index in [4.69, 9.17) is 0 Å². The third-order valence-electron chi connectivity index (χ3n) is 3.38. The monoisotopic (exact) mass is 385 g/mol. The Morgan fingerprint density at radius 1 is 1.28 bits per heavy atom. The Kier molecular flexibility index (Phi) is 4.48. The van der Waals surface area contributed by atoms with Gasteiger partial charge in [0.25, 0.3) is 0 Å². The minimum atomic E-state index is -0.0782. The third kappa shape index (κ3) is 3.55. The van der Waals surface area contributed by atoms with Gasteiger partial charge >= 0.3 is 0 Å². The smallest absolute Gasteiger partial charge is 0.234 e. The maximum Gasteiger partial charge on any atom is 0.234 e. The number of rotatable bonds is 4. The number of thiazole rings is 1. The highest BCUT2D eigenvalue weighted by atomic mass is 32.2. The van der Waals surface area contributed by atoms with E-state index in [0.717, 1.165) is 25.3 Å². The van der Waals surface area contributed by atoms with E-state index >= 15 is 0 Å². The molecule has 0 saturated heterocycles. The van der Waals surface area contributed by atoms with Crippen LogP contribution in [0.25, 0.3) is 16.6 Å². The number of pyridine rings is 1. The minimum absolute atomic E-state index is 0.0302. The highest BCUT2D eigenvalue weighted by molar-refractivity contribution is 8.02. The molecule has 25 heavy (non-hydrogen) atoms. The molecule has 8 heteroatoms. The van der Waals surface area contributed by atoms with Crippen molar-refractivity contribution in [3.63, 3.8) is 0 Å². The number of thiophene rings is 1. The van der Waals surface area contributed by atoms with E-state index in [-0.39, 0.29) is 11.7 Å². The molecular formula is C17H11N3O2S3.